The van der Waals surface area contributed by atoms with Gasteiger partial charge in [0, 0.05) is 25.4 Å². The molecular weight excluding hydrogens is 640 g/mol. The molecule has 0 aliphatic heterocycles. The highest BCUT2D eigenvalue weighted by Gasteiger charge is 2.34. The molecule has 0 aromatic carbocycles. The summed E-state index contributed by atoms with van der Waals surface area (Å²) in [6, 6.07) is 0. The van der Waals surface area contributed by atoms with Gasteiger partial charge in [-0.05, 0) is 127 Å². The first-order valence-corrected chi connectivity index (χ1v) is 19.4. The second-order valence-corrected chi connectivity index (χ2v) is 14.8. The Bertz CT molecular complexity index is 953. The molecule has 3 aliphatic carbocycles. The highest BCUT2D eigenvalue weighted by atomic mass is 16.6. The van der Waals surface area contributed by atoms with Crippen LogP contribution < -0.4 is 0 Å². The van der Waals surface area contributed by atoms with Gasteiger partial charge in [-0.2, -0.15) is 0 Å². The van der Waals surface area contributed by atoms with E-state index in [9.17, 15) is 19.2 Å². The van der Waals surface area contributed by atoms with Gasteiger partial charge in [0.15, 0.2) is 0 Å². The van der Waals surface area contributed by atoms with Crippen LogP contribution in [0.3, 0.4) is 0 Å². The van der Waals surface area contributed by atoms with Crippen LogP contribution in [-0.2, 0) is 47.6 Å². The molecule has 50 heavy (non-hydrogen) atoms. The molecule has 3 rings (SSSR count). The van der Waals surface area contributed by atoms with Crippen molar-refractivity contribution in [3.8, 4) is 0 Å². The van der Waals surface area contributed by atoms with Gasteiger partial charge >= 0.3 is 23.9 Å². The number of hydrogen-bond acceptors (Lipinski definition) is 10. The lowest BCUT2D eigenvalue weighted by atomic mass is 9.87. The minimum Gasteiger partial charge on any atom is -0.463 e. The van der Waals surface area contributed by atoms with Crippen LogP contribution in [0.2, 0.25) is 0 Å². The van der Waals surface area contributed by atoms with E-state index in [1.807, 2.05) is 0 Å². The molecule has 3 saturated carbocycles. The van der Waals surface area contributed by atoms with Gasteiger partial charge in [-0.3, -0.25) is 9.59 Å². The van der Waals surface area contributed by atoms with Gasteiger partial charge in [0.2, 0.25) is 0 Å². The topological polar surface area (TPSA) is 124 Å². The van der Waals surface area contributed by atoms with Gasteiger partial charge in [-0.25, -0.2) is 9.59 Å². The molecule has 0 radical (unpaired) electrons. The predicted octanol–water partition coefficient (Wildman–Crippen LogP) is 7.61. The fraction of sp³-hybridized carbons (Fsp3) is 0.800. The van der Waals surface area contributed by atoms with Crippen LogP contribution >= 0.6 is 0 Å². The van der Waals surface area contributed by atoms with Crippen LogP contribution in [0.25, 0.3) is 0 Å². The van der Waals surface area contributed by atoms with Crippen LogP contribution in [0.15, 0.2) is 25.3 Å². The van der Waals surface area contributed by atoms with E-state index in [1.54, 1.807) is 0 Å². The first-order chi connectivity index (χ1) is 24.2. The maximum absolute atomic E-state index is 12.9. The lowest BCUT2D eigenvalue weighted by molar-refractivity contribution is -0.165. The molecule has 2 unspecified atom stereocenters. The average molecular weight is 705 g/mol. The summed E-state index contributed by atoms with van der Waals surface area (Å²) in [6.45, 7) is 13.4. The second-order valence-electron chi connectivity index (χ2n) is 14.8. The van der Waals surface area contributed by atoms with Gasteiger partial charge in [-0.1, -0.05) is 27.0 Å². The highest BCUT2D eigenvalue weighted by molar-refractivity contribution is 5.81. The molecule has 0 heterocycles. The van der Waals surface area contributed by atoms with Crippen molar-refractivity contribution in [2.24, 2.45) is 23.7 Å². The molecule has 0 aromatic heterocycles. The molecule has 3 fully saturated rings. The molecule has 0 aromatic rings. The monoisotopic (exact) mass is 704 g/mol. The van der Waals surface area contributed by atoms with Crippen molar-refractivity contribution in [1.82, 2.24) is 0 Å². The molecular formula is C40H64O10. The molecule has 10 nitrogen and oxygen atoms in total. The summed E-state index contributed by atoms with van der Waals surface area (Å²) in [5.41, 5.74) is 0. The number of ether oxygens (including phenoxy) is 6. The maximum atomic E-state index is 12.9. The van der Waals surface area contributed by atoms with E-state index in [4.69, 9.17) is 28.4 Å². The second kappa shape index (κ2) is 23.7. The summed E-state index contributed by atoms with van der Waals surface area (Å²) in [4.78, 5) is 48.1. The van der Waals surface area contributed by atoms with Crippen molar-refractivity contribution < 1.29 is 47.6 Å². The molecule has 284 valence electrons. The van der Waals surface area contributed by atoms with Gasteiger partial charge in [0.05, 0.1) is 37.3 Å². The molecule has 0 amide bonds. The van der Waals surface area contributed by atoms with E-state index in [0.29, 0.717) is 38.3 Å². The van der Waals surface area contributed by atoms with Crippen molar-refractivity contribution in [3.05, 3.63) is 25.3 Å². The van der Waals surface area contributed by atoms with Crippen molar-refractivity contribution >= 4 is 23.9 Å². The molecule has 2 atom stereocenters. The van der Waals surface area contributed by atoms with E-state index in [2.05, 4.69) is 27.0 Å². The van der Waals surface area contributed by atoms with Crippen LogP contribution in [-0.4, -0.2) is 74.7 Å². The van der Waals surface area contributed by atoms with Gasteiger partial charge in [0.1, 0.15) is 12.2 Å². The minimum atomic E-state index is -0.374. The molecule has 0 bridgehead atoms. The zero-order valence-corrected chi connectivity index (χ0v) is 30.8. The third-order valence-corrected chi connectivity index (χ3v) is 10.6. The quantitative estimate of drug-likeness (QED) is 0.0482. The van der Waals surface area contributed by atoms with Crippen molar-refractivity contribution in [1.29, 1.82) is 0 Å². The number of hydrogen-bond donors (Lipinski definition) is 0. The molecule has 0 spiro atoms. The standard InChI is InChI=1S/C40H64O10/c1-5-37(41)47-25-7-9-29(3)23-27-45-33-15-11-31(12-16-33)39(43)49-35-19-21-36(22-20-35)50-40(44)32-13-17-34(18-14-32)46-28-24-30(4)10-8-26-48-38(42)6-2/h5-6,29-36H,1-2,7-28H2,3-4H3. The zero-order valence-electron chi connectivity index (χ0n) is 30.8. The molecule has 0 N–H and O–H groups in total. The van der Waals surface area contributed by atoms with Crippen LogP contribution in [0.1, 0.15) is 129 Å². The van der Waals surface area contributed by atoms with E-state index in [1.165, 1.54) is 12.2 Å². The largest absolute Gasteiger partial charge is 0.463 e. The summed E-state index contributed by atoms with van der Waals surface area (Å²) < 4.78 is 34.1. The normalized spacial score (nSPS) is 26.5. The maximum Gasteiger partial charge on any atom is 0.330 e. The highest BCUT2D eigenvalue weighted by Crippen LogP contribution is 2.32. The summed E-state index contributed by atoms with van der Waals surface area (Å²) in [7, 11) is 0. The molecule has 0 saturated heterocycles. The minimum absolute atomic E-state index is 0.0642. The number of carbonyl (C=O) groups excluding carboxylic acids is 4. The Kier molecular flexibility index (Phi) is 19.8. The van der Waals surface area contributed by atoms with Gasteiger partial charge in [0.25, 0.3) is 0 Å². The van der Waals surface area contributed by atoms with Gasteiger partial charge in [-0.15, -0.1) is 0 Å². The smallest absolute Gasteiger partial charge is 0.330 e. The summed E-state index contributed by atoms with van der Waals surface area (Å²) in [5.74, 6) is -0.0643. The third-order valence-electron chi connectivity index (χ3n) is 10.6. The fourth-order valence-corrected chi connectivity index (χ4v) is 7.21. The first kappa shape index (κ1) is 41.7. The van der Waals surface area contributed by atoms with Crippen LogP contribution in [0.5, 0.6) is 0 Å². The predicted molar refractivity (Wildman–Crippen MR) is 190 cm³/mol. The van der Waals surface area contributed by atoms with E-state index in [-0.39, 0.29) is 60.1 Å². The van der Waals surface area contributed by atoms with E-state index >= 15 is 0 Å². The third kappa shape index (κ3) is 16.5. The Balaban J connectivity index is 1.18. The van der Waals surface area contributed by atoms with E-state index in [0.717, 1.165) is 116 Å². The van der Waals surface area contributed by atoms with Crippen LogP contribution in [0.4, 0.5) is 0 Å². The summed E-state index contributed by atoms with van der Waals surface area (Å²) >= 11 is 0. The Morgan fingerprint density at radius 1 is 0.520 bits per heavy atom. The van der Waals surface area contributed by atoms with Crippen molar-refractivity contribution in [2.75, 3.05) is 26.4 Å². The van der Waals surface area contributed by atoms with Crippen LogP contribution in [0, 0.1) is 23.7 Å². The lowest BCUT2D eigenvalue weighted by Crippen LogP contribution is -2.35. The summed E-state index contributed by atoms with van der Waals surface area (Å²) in [5, 5.41) is 0. The SMILES string of the molecule is C=CC(=O)OCCCC(C)CCOC1CCC(C(=O)OC2CCC(OC(=O)C3CCC(OCCC(C)CCCOC(=O)C=C)CC3)CC2)CC1. The zero-order chi connectivity index (χ0) is 36.1. The number of rotatable bonds is 22. The molecule has 3 aliphatic rings. The van der Waals surface area contributed by atoms with Crippen molar-refractivity contribution in [3.63, 3.8) is 0 Å². The Morgan fingerprint density at radius 2 is 0.860 bits per heavy atom. The van der Waals surface area contributed by atoms with E-state index < -0.39 is 0 Å². The van der Waals surface area contributed by atoms with Crippen molar-refractivity contribution in [2.45, 2.75) is 154 Å². The number of esters is 4. The molecule has 10 heteroatoms. The van der Waals surface area contributed by atoms with Gasteiger partial charge < -0.3 is 28.4 Å². The number of carbonyl (C=O) groups is 4. The Morgan fingerprint density at radius 3 is 1.20 bits per heavy atom. The Labute approximate surface area is 300 Å². The fourth-order valence-electron chi connectivity index (χ4n) is 7.21. The lowest BCUT2D eigenvalue weighted by Gasteiger charge is -2.33. The Hall–Kier alpha value is -2.72. The summed E-state index contributed by atoms with van der Waals surface area (Å²) in [6.07, 6.45) is 17.7. The first-order valence-electron chi connectivity index (χ1n) is 19.4. The average Bonchev–Trinajstić information content (AvgIpc) is 3.13.